The van der Waals surface area contributed by atoms with Crippen molar-refractivity contribution >= 4 is 27.0 Å². The highest BCUT2D eigenvalue weighted by molar-refractivity contribution is 7.93. The van der Waals surface area contributed by atoms with Gasteiger partial charge in [0.2, 0.25) is 0 Å². The van der Waals surface area contributed by atoms with E-state index in [4.69, 9.17) is 0 Å². The monoisotopic (exact) mass is 328 g/mol. The second kappa shape index (κ2) is 6.17. The zero-order valence-corrected chi connectivity index (χ0v) is 14.2. The summed E-state index contributed by atoms with van der Waals surface area (Å²) in [5.74, 6) is 0. The highest BCUT2D eigenvalue weighted by atomic mass is 32.2. The first kappa shape index (κ1) is 16.0. The van der Waals surface area contributed by atoms with Gasteiger partial charge < -0.3 is 5.32 Å². The number of hydrogen-bond acceptors (Lipinski definition) is 5. The molecule has 0 radical (unpaired) electrons. The zero-order valence-electron chi connectivity index (χ0n) is 12.5. The van der Waals surface area contributed by atoms with E-state index in [1.165, 1.54) is 17.5 Å². The first-order chi connectivity index (χ1) is 9.85. The Morgan fingerprint density at radius 1 is 1.43 bits per heavy atom. The van der Waals surface area contributed by atoms with E-state index in [1.54, 1.807) is 17.9 Å². The van der Waals surface area contributed by atoms with Crippen molar-refractivity contribution in [2.45, 2.75) is 38.3 Å². The Morgan fingerprint density at radius 3 is 2.71 bits per heavy atom. The number of hydrogen-bond donors (Lipinski definition) is 2. The minimum atomic E-state index is -3.60. The van der Waals surface area contributed by atoms with Gasteiger partial charge in [-0.15, -0.1) is 11.3 Å². The first-order valence-corrected chi connectivity index (χ1v) is 9.00. The fourth-order valence-electron chi connectivity index (χ4n) is 2.01. The van der Waals surface area contributed by atoms with Crippen molar-refractivity contribution < 1.29 is 8.42 Å². The Labute approximate surface area is 129 Å². The van der Waals surface area contributed by atoms with Gasteiger partial charge in [-0.25, -0.2) is 8.42 Å². The molecular weight excluding hydrogens is 308 g/mol. The molecule has 0 atom stereocenters. The van der Waals surface area contributed by atoms with Crippen molar-refractivity contribution in [2.24, 2.45) is 0 Å². The summed E-state index contributed by atoms with van der Waals surface area (Å²) in [7, 11) is -1.80. The van der Waals surface area contributed by atoms with E-state index < -0.39 is 10.0 Å². The van der Waals surface area contributed by atoms with Crippen LogP contribution in [0.5, 0.6) is 0 Å². The molecule has 0 bridgehead atoms. The number of aromatic nitrogens is 2. The van der Waals surface area contributed by atoms with Gasteiger partial charge >= 0.3 is 0 Å². The molecule has 0 unspecified atom stereocenters. The molecule has 0 saturated carbocycles. The lowest BCUT2D eigenvalue weighted by Crippen LogP contribution is -2.16. The SMILES string of the molecule is CNCc1scc(C)c1S(=O)(=O)Nc1cnn(C(C)C)c1. The summed E-state index contributed by atoms with van der Waals surface area (Å²) in [6, 6.07) is 0.186. The predicted molar refractivity (Wildman–Crippen MR) is 85.2 cm³/mol. The van der Waals surface area contributed by atoms with E-state index in [1.807, 2.05) is 26.2 Å². The topological polar surface area (TPSA) is 76.0 Å². The third-order valence-corrected chi connectivity index (χ3v) is 5.82. The summed E-state index contributed by atoms with van der Waals surface area (Å²) in [4.78, 5) is 1.16. The zero-order chi connectivity index (χ0) is 15.6. The maximum Gasteiger partial charge on any atom is 0.263 e. The van der Waals surface area contributed by atoms with Crippen molar-refractivity contribution in [2.75, 3.05) is 11.8 Å². The number of anilines is 1. The molecule has 2 aromatic rings. The smallest absolute Gasteiger partial charge is 0.263 e. The largest absolute Gasteiger partial charge is 0.315 e. The minimum absolute atomic E-state index is 0.186. The molecule has 0 aliphatic rings. The van der Waals surface area contributed by atoms with Crippen molar-refractivity contribution in [3.05, 3.63) is 28.2 Å². The predicted octanol–water partition coefficient (Wildman–Crippen LogP) is 2.35. The maximum absolute atomic E-state index is 12.6. The van der Waals surface area contributed by atoms with Crippen LogP contribution in [0.4, 0.5) is 5.69 Å². The van der Waals surface area contributed by atoms with Crippen LogP contribution in [0.3, 0.4) is 0 Å². The molecule has 0 fully saturated rings. The third kappa shape index (κ3) is 3.45. The Hall–Kier alpha value is -1.38. The molecule has 0 aliphatic heterocycles. The van der Waals surface area contributed by atoms with E-state index >= 15 is 0 Å². The van der Waals surface area contributed by atoms with Gasteiger partial charge in [-0.1, -0.05) is 0 Å². The molecule has 21 heavy (non-hydrogen) atoms. The molecule has 2 N–H and O–H groups in total. The summed E-state index contributed by atoms with van der Waals surface area (Å²) in [5.41, 5.74) is 1.23. The van der Waals surface area contributed by atoms with E-state index in [0.717, 1.165) is 10.4 Å². The quantitative estimate of drug-likeness (QED) is 0.853. The minimum Gasteiger partial charge on any atom is -0.315 e. The molecule has 2 rings (SSSR count). The highest BCUT2D eigenvalue weighted by Crippen LogP contribution is 2.28. The van der Waals surface area contributed by atoms with Gasteiger partial charge in [-0.2, -0.15) is 5.10 Å². The third-order valence-electron chi connectivity index (χ3n) is 2.98. The second-order valence-corrected chi connectivity index (χ2v) is 7.69. The van der Waals surface area contributed by atoms with Crippen LogP contribution in [-0.4, -0.2) is 25.2 Å². The van der Waals surface area contributed by atoms with Crippen molar-refractivity contribution in [1.82, 2.24) is 15.1 Å². The number of nitrogens with zero attached hydrogens (tertiary/aromatic N) is 2. The van der Waals surface area contributed by atoms with Gasteiger partial charge in [0, 0.05) is 23.7 Å². The molecule has 8 heteroatoms. The van der Waals surface area contributed by atoms with Crippen LogP contribution in [0, 0.1) is 6.92 Å². The number of rotatable bonds is 6. The summed E-state index contributed by atoms with van der Waals surface area (Å²) < 4.78 is 29.5. The first-order valence-electron chi connectivity index (χ1n) is 6.63. The van der Waals surface area contributed by atoms with Crippen LogP contribution in [0.15, 0.2) is 22.7 Å². The van der Waals surface area contributed by atoms with Crippen LogP contribution in [0.1, 0.15) is 30.3 Å². The van der Waals surface area contributed by atoms with Crippen LogP contribution in [0.2, 0.25) is 0 Å². The lowest BCUT2D eigenvalue weighted by Gasteiger charge is -2.09. The molecule has 0 spiro atoms. The van der Waals surface area contributed by atoms with Gasteiger partial charge in [0.1, 0.15) is 4.90 Å². The Kier molecular flexibility index (Phi) is 4.70. The Balaban J connectivity index is 2.31. The number of nitrogens with one attached hydrogen (secondary N) is 2. The van der Waals surface area contributed by atoms with E-state index in [9.17, 15) is 8.42 Å². The van der Waals surface area contributed by atoms with Gasteiger partial charge in [0.15, 0.2) is 0 Å². The maximum atomic E-state index is 12.6. The average Bonchev–Trinajstić information content (AvgIpc) is 2.97. The lowest BCUT2D eigenvalue weighted by atomic mass is 10.3. The molecular formula is C13H20N4O2S2. The summed E-state index contributed by atoms with van der Waals surface area (Å²) in [6.45, 7) is 6.31. The van der Waals surface area contributed by atoms with E-state index in [2.05, 4.69) is 15.1 Å². The summed E-state index contributed by atoms with van der Waals surface area (Å²) in [6.07, 6.45) is 3.22. The van der Waals surface area contributed by atoms with Crippen LogP contribution in [-0.2, 0) is 16.6 Å². The molecule has 0 amide bonds. The van der Waals surface area contributed by atoms with Gasteiger partial charge in [0.05, 0.1) is 11.9 Å². The number of sulfonamides is 1. The lowest BCUT2D eigenvalue weighted by molar-refractivity contribution is 0.532. The fourth-order valence-corrected chi connectivity index (χ4v) is 4.86. The number of aryl methyl sites for hydroxylation is 1. The molecule has 116 valence electrons. The van der Waals surface area contributed by atoms with E-state index in [0.29, 0.717) is 17.1 Å². The van der Waals surface area contributed by atoms with Crippen molar-refractivity contribution in [3.63, 3.8) is 0 Å². The molecule has 0 aromatic carbocycles. The van der Waals surface area contributed by atoms with Gasteiger partial charge in [-0.3, -0.25) is 9.40 Å². The summed E-state index contributed by atoms with van der Waals surface area (Å²) in [5, 5.41) is 9.00. The highest BCUT2D eigenvalue weighted by Gasteiger charge is 2.23. The van der Waals surface area contributed by atoms with Crippen LogP contribution < -0.4 is 10.0 Å². The van der Waals surface area contributed by atoms with Crippen LogP contribution >= 0.6 is 11.3 Å². The van der Waals surface area contributed by atoms with Gasteiger partial charge in [0.25, 0.3) is 10.0 Å². The Bertz CT molecular complexity index is 716. The summed E-state index contributed by atoms with van der Waals surface area (Å²) >= 11 is 1.45. The normalized spacial score (nSPS) is 12.0. The molecule has 2 aromatic heterocycles. The molecule has 6 nitrogen and oxygen atoms in total. The molecule has 2 heterocycles. The van der Waals surface area contributed by atoms with Crippen LogP contribution in [0.25, 0.3) is 0 Å². The van der Waals surface area contributed by atoms with Crippen molar-refractivity contribution in [1.29, 1.82) is 0 Å². The number of thiophene rings is 1. The van der Waals surface area contributed by atoms with E-state index in [-0.39, 0.29) is 6.04 Å². The average molecular weight is 328 g/mol. The standard InChI is InChI=1S/C13H20N4O2S2/c1-9(2)17-7-11(5-15-17)16-21(18,19)13-10(3)8-20-12(13)6-14-4/h5,7-9,14,16H,6H2,1-4H3. The Morgan fingerprint density at radius 2 is 2.14 bits per heavy atom. The molecule has 0 aliphatic carbocycles. The molecule has 0 saturated heterocycles. The fraction of sp³-hybridized carbons (Fsp3) is 0.462. The van der Waals surface area contributed by atoms with Gasteiger partial charge in [-0.05, 0) is 38.8 Å². The van der Waals surface area contributed by atoms with Crippen molar-refractivity contribution in [3.8, 4) is 0 Å². The second-order valence-electron chi connectivity index (χ2n) is 5.11.